The van der Waals surface area contributed by atoms with Gasteiger partial charge in [0.1, 0.15) is 11.4 Å². The van der Waals surface area contributed by atoms with Crippen LogP contribution in [0.15, 0.2) is 42.0 Å². The van der Waals surface area contributed by atoms with Crippen molar-refractivity contribution in [3.05, 3.63) is 47.7 Å². The van der Waals surface area contributed by atoms with Crippen molar-refractivity contribution in [3.63, 3.8) is 0 Å². The molecule has 108 valence electrons. The van der Waals surface area contributed by atoms with Gasteiger partial charge in [-0.3, -0.25) is 4.98 Å². The van der Waals surface area contributed by atoms with Crippen molar-refractivity contribution >= 4 is 27.5 Å². The summed E-state index contributed by atoms with van der Waals surface area (Å²) in [6, 6.07) is 7.69. The molecule has 0 bridgehead atoms. The Hall–Kier alpha value is -2.87. The highest BCUT2D eigenvalue weighted by Gasteiger charge is 2.13. The fourth-order valence-corrected chi connectivity index (χ4v) is 3.03. The van der Waals surface area contributed by atoms with Crippen LogP contribution in [0.2, 0.25) is 0 Å². The Balaban J connectivity index is 1.72. The van der Waals surface area contributed by atoms with Gasteiger partial charge in [-0.15, -0.1) is 16.4 Å². The molecule has 0 radical (unpaired) electrons. The number of hydrogen-bond donors (Lipinski definition) is 1. The van der Waals surface area contributed by atoms with E-state index in [9.17, 15) is 0 Å². The van der Waals surface area contributed by atoms with E-state index in [1.807, 2.05) is 35.8 Å². The minimum Gasteiger partial charge on any atom is -0.368 e. The highest BCUT2D eigenvalue weighted by molar-refractivity contribution is 7.17. The second-order valence-corrected chi connectivity index (χ2v) is 5.60. The van der Waals surface area contributed by atoms with Crippen LogP contribution in [0.5, 0.6) is 0 Å². The van der Waals surface area contributed by atoms with Crippen LogP contribution < -0.4 is 5.73 Å². The van der Waals surface area contributed by atoms with Gasteiger partial charge in [-0.25, -0.2) is 14.6 Å². The molecule has 4 aromatic rings. The predicted molar refractivity (Wildman–Crippen MR) is 84.2 cm³/mol. The molecule has 0 fully saturated rings. The molecule has 0 aliphatic rings. The summed E-state index contributed by atoms with van der Waals surface area (Å²) in [5.74, 6) is 0.236. The Kier molecular flexibility index (Phi) is 3.01. The SMILES string of the molecule is Nc1nc(-c2cn(Cc3ccccn3)nn2)c2sccc2n1. The first-order valence-corrected chi connectivity index (χ1v) is 7.49. The van der Waals surface area contributed by atoms with Crippen molar-refractivity contribution in [2.24, 2.45) is 0 Å². The summed E-state index contributed by atoms with van der Waals surface area (Å²) in [5, 5.41) is 10.3. The zero-order valence-electron chi connectivity index (χ0n) is 11.4. The molecule has 8 heteroatoms. The lowest BCUT2D eigenvalue weighted by Crippen LogP contribution is -2.01. The Morgan fingerprint density at radius 3 is 3.00 bits per heavy atom. The molecule has 0 unspecified atom stereocenters. The fraction of sp³-hybridized carbons (Fsp3) is 0.0714. The van der Waals surface area contributed by atoms with Gasteiger partial charge in [-0.2, -0.15) is 0 Å². The van der Waals surface area contributed by atoms with Crippen LogP contribution in [-0.4, -0.2) is 29.9 Å². The van der Waals surface area contributed by atoms with E-state index in [2.05, 4.69) is 25.3 Å². The maximum Gasteiger partial charge on any atom is 0.221 e. The smallest absolute Gasteiger partial charge is 0.221 e. The molecule has 0 aliphatic carbocycles. The van der Waals surface area contributed by atoms with Crippen molar-refractivity contribution in [1.82, 2.24) is 29.9 Å². The topological polar surface area (TPSA) is 95.4 Å². The van der Waals surface area contributed by atoms with Gasteiger partial charge in [0.05, 0.1) is 28.7 Å². The van der Waals surface area contributed by atoms with Crippen molar-refractivity contribution in [2.75, 3.05) is 5.73 Å². The predicted octanol–water partition coefficient (Wildman–Crippen LogP) is 1.98. The third kappa shape index (κ3) is 2.29. The summed E-state index contributed by atoms with van der Waals surface area (Å²) in [6.07, 6.45) is 3.60. The Labute approximate surface area is 129 Å². The molecule has 0 amide bonds. The summed E-state index contributed by atoms with van der Waals surface area (Å²) < 4.78 is 2.69. The zero-order valence-corrected chi connectivity index (χ0v) is 12.2. The molecule has 4 rings (SSSR count). The number of fused-ring (bicyclic) bond motifs is 1. The Morgan fingerprint density at radius 1 is 1.18 bits per heavy atom. The molecule has 0 spiro atoms. The number of nitrogens with two attached hydrogens (primary N) is 1. The summed E-state index contributed by atoms with van der Waals surface area (Å²) >= 11 is 1.56. The number of pyridine rings is 1. The highest BCUT2D eigenvalue weighted by atomic mass is 32.1. The number of nitrogen functional groups attached to an aromatic ring is 1. The van der Waals surface area contributed by atoms with E-state index in [1.165, 1.54) is 0 Å². The van der Waals surface area contributed by atoms with E-state index in [1.54, 1.807) is 22.2 Å². The highest BCUT2D eigenvalue weighted by Crippen LogP contribution is 2.29. The van der Waals surface area contributed by atoms with Crippen molar-refractivity contribution in [2.45, 2.75) is 6.54 Å². The lowest BCUT2D eigenvalue weighted by molar-refractivity contribution is 0.639. The molecule has 0 saturated heterocycles. The molecular formula is C14H11N7S. The van der Waals surface area contributed by atoms with Crippen molar-refractivity contribution < 1.29 is 0 Å². The number of aromatic nitrogens is 6. The molecule has 4 aromatic heterocycles. The van der Waals surface area contributed by atoms with Crippen molar-refractivity contribution in [3.8, 4) is 11.4 Å². The van der Waals surface area contributed by atoms with Crippen LogP contribution in [0.3, 0.4) is 0 Å². The Bertz CT molecular complexity index is 929. The minimum atomic E-state index is 0.236. The van der Waals surface area contributed by atoms with Crippen LogP contribution in [0.1, 0.15) is 5.69 Å². The first kappa shape index (κ1) is 12.8. The van der Waals surface area contributed by atoms with E-state index in [-0.39, 0.29) is 5.95 Å². The van der Waals surface area contributed by atoms with Gasteiger partial charge in [-0.1, -0.05) is 11.3 Å². The monoisotopic (exact) mass is 309 g/mol. The maximum atomic E-state index is 5.77. The molecular weight excluding hydrogens is 298 g/mol. The Morgan fingerprint density at radius 2 is 2.14 bits per heavy atom. The van der Waals surface area contributed by atoms with Gasteiger partial charge in [0.2, 0.25) is 5.95 Å². The fourth-order valence-electron chi connectivity index (χ4n) is 2.20. The van der Waals surface area contributed by atoms with Crippen LogP contribution in [0.4, 0.5) is 5.95 Å². The first-order valence-electron chi connectivity index (χ1n) is 6.61. The van der Waals surface area contributed by atoms with Crippen LogP contribution >= 0.6 is 11.3 Å². The standard InChI is InChI=1S/C14H11N7S/c15-14-17-10-4-6-22-13(10)12(18-14)11-8-21(20-19-11)7-9-3-1-2-5-16-9/h1-6,8H,7H2,(H2,15,17,18). The molecule has 0 aliphatic heterocycles. The maximum absolute atomic E-state index is 5.77. The average molecular weight is 309 g/mol. The summed E-state index contributed by atoms with van der Waals surface area (Å²) in [7, 11) is 0. The minimum absolute atomic E-state index is 0.236. The number of nitrogens with zero attached hydrogens (tertiary/aromatic N) is 6. The van der Waals surface area contributed by atoms with Gasteiger partial charge in [0, 0.05) is 6.20 Å². The average Bonchev–Trinajstić information content (AvgIpc) is 3.16. The largest absolute Gasteiger partial charge is 0.368 e. The van der Waals surface area contributed by atoms with Gasteiger partial charge in [0.15, 0.2) is 0 Å². The zero-order chi connectivity index (χ0) is 14.9. The molecule has 4 heterocycles. The number of thiophene rings is 1. The molecule has 7 nitrogen and oxygen atoms in total. The third-order valence-corrected chi connectivity index (χ3v) is 4.06. The van der Waals surface area contributed by atoms with E-state index in [4.69, 9.17) is 5.73 Å². The van der Waals surface area contributed by atoms with Gasteiger partial charge >= 0.3 is 0 Å². The third-order valence-electron chi connectivity index (χ3n) is 3.15. The molecule has 22 heavy (non-hydrogen) atoms. The summed E-state index contributed by atoms with van der Waals surface area (Å²) in [6.45, 7) is 0.558. The van der Waals surface area contributed by atoms with E-state index < -0.39 is 0 Å². The van der Waals surface area contributed by atoms with Crippen LogP contribution in [0.25, 0.3) is 21.6 Å². The lowest BCUT2D eigenvalue weighted by Gasteiger charge is -2.00. The summed E-state index contributed by atoms with van der Waals surface area (Å²) in [4.78, 5) is 12.8. The molecule has 0 saturated carbocycles. The number of anilines is 1. The van der Waals surface area contributed by atoms with E-state index >= 15 is 0 Å². The van der Waals surface area contributed by atoms with Gasteiger partial charge < -0.3 is 5.73 Å². The lowest BCUT2D eigenvalue weighted by atomic mass is 10.3. The van der Waals surface area contributed by atoms with Crippen molar-refractivity contribution in [1.29, 1.82) is 0 Å². The second kappa shape index (κ2) is 5.15. The van der Waals surface area contributed by atoms with Crippen LogP contribution in [-0.2, 0) is 6.54 Å². The molecule has 0 aromatic carbocycles. The normalized spacial score (nSPS) is 11.1. The van der Waals surface area contributed by atoms with Crippen LogP contribution in [0, 0.1) is 0 Å². The number of hydrogen-bond acceptors (Lipinski definition) is 7. The molecule has 0 atom stereocenters. The van der Waals surface area contributed by atoms with E-state index in [0.717, 1.165) is 15.9 Å². The van der Waals surface area contributed by atoms with Gasteiger partial charge in [0.25, 0.3) is 0 Å². The first-order chi connectivity index (χ1) is 10.8. The quantitative estimate of drug-likeness (QED) is 0.621. The van der Waals surface area contributed by atoms with Gasteiger partial charge in [-0.05, 0) is 23.6 Å². The summed E-state index contributed by atoms with van der Waals surface area (Å²) in [5.41, 5.74) is 8.90. The molecule has 2 N–H and O–H groups in total. The number of rotatable bonds is 3. The van der Waals surface area contributed by atoms with E-state index in [0.29, 0.717) is 17.9 Å². The second-order valence-electron chi connectivity index (χ2n) is 4.69.